The summed E-state index contributed by atoms with van der Waals surface area (Å²) in [7, 11) is 0. The largest absolute Gasteiger partial charge is 0.398 e. The first-order valence-corrected chi connectivity index (χ1v) is 6.75. The van der Waals surface area contributed by atoms with E-state index in [1.165, 1.54) is 24.8 Å². The maximum Gasteiger partial charge on any atom is 0.195 e. The number of hydrogen-bond donors (Lipinski definition) is 1. The summed E-state index contributed by atoms with van der Waals surface area (Å²) in [6.45, 7) is 0. The second-order valence-corrected chi connectivity index (χ2v) is 5.13. The van der Waals surface area contributed by atoms with E-state index in [1.807, 2.05) is 30.3 Å². The third kappa shape index (κ3) is 2.14. The lowest BCUT2D eigenvalue weighted by molar-refractivity contribution is 0.103. The van der Waals surface area contributed by atoms with Crippen LogP contribution >= 0.6 is 0 Å². The summed E-state index contributed by atoms with van der Waals surface area (Å²) in [6.07, 6.45) is 3.64. The highest BCUT2D eigenvalue weighted by Crippen LogP contribution is 2.38. The van der Waals surface area contributed by atoms with Gasteiger partial charge in [0.2, 0.25) is 0 Å². The van der Waals surface area contributed by atoms with Gasteiger partial charge in [-0.2, -0.15) is 0 Å². The summed E-state index contributed by atoms with van der Waals surface area (Å²) >= 11 is 0. The molecule has 0 aliphatic heterocycles. The third-order valence-electron chi connectivity index (χ3n) is 3.96. The normalized spacial score (nSPS) is 14.9. The SMILES string of the molecule is Nc1ccccc1C(=O)c1ccccc1C1CCC1. The highest BCUT2D eigenvalue weighted by molar-refractivity contribution is 6.12. The van der Waals surface area contributed by atoms with Gasteiger partial charge >= 0.3 is 0 Å². The maximum atomic E-state index is 12.7. The van der Waals surface area contributed by atoms with E-state index in [9.17, 15) is 4.79 Å². The fourth-order valence-corrected chi connectivity index (χ4v) is 2.63. The first-order chi connectivity index (χ1) is 9.27. The number of anilines is 1. The molecule has 0 heterocycles. The lowest BCUT2D eigenvalue weighted by Gasteiger charge is -2.27. The predicted octanol–water partition coefficient (Wildman–Crippen LogP) is 3.77. The minimum absolute atomic E-state index is 0.0422. The number of nitrogen functional groups attached to an aromatic ring is 1. The summed E-state index contributed by atoms with van der Waals surface area (Å²) < 4.78 is 0. The number of benzene rings is 2. The van der Waals surface area contributed by atoms with Crippen molar-refractivity contribution in [3.8, 4) is 0 Å². The summed E-state index contributed by atoms with van der Waals surface area (Å²) in [4.78, 5) is 12.7. The number of ketones is 1. The number of carbonyl (C=O) groups is 1. The van der Waals surface area contributed by atoms with E-state index in [2.05, 4.69) is 6.07 Å². The summed E-state index contributed by atoms with van der Waals surface area (Å²) in [6, 6.07) is 15.2. The molecule has 2 N–H and O–H groups in total. The Labute approximate surface area is 113 Å². The van der Waals surface area contributed by atoms with Gasteiger partial charge < -0.3 is 5.73 Å². The van der Waals surface area contributed by atoms with E-state index < -0.39 is 0 Å². The van der Waals surface area contributed by atoms with Crippen molar-refractivity contribution in [1.29, 1.82) is 0 Å². The summed E-state index contributed by atoms with van der Waals surface area (Å²) in [5, 5.41) is 0. The Hall–Kier alpha value is -2.09. The van der Waals surface area contributed by atoms with Gasteiger partial charge in [0.1, 0.15) is 0 Å². The van der Waals surface area contributed by atoms with Crippen molar-refractivity contribution in [1.82, 2.24) is 0 Å². The van der Waals surface area contributed by atoms with Crippen LogP contribution in [0.4, 0.5) is 5.69 Å². The molecule has 0 saturated heterocycles. The fraction of sp³-hybridized carbons (Fsp3) is 0.235. The van der Waals surface area contributed by atoms with Gasteiger partial charge in [0.15, 0.2) is 5.78 Å². The average molecular weight is 251 g/mol. The molecule has 2 aromatic carbocycles. The van der Waals surface area contributed by atoms with E-state index in [0.717, 1.165) is 5.56 Å². The van der Waals surface area contributed by atoms with Gasteiger partial charge in [0.25, 0.3) is 0 Å². The lowest BCUT2D eigenvalue weighted by Crippen LogP contribution is -2.15. The van der Waals surface area contributed by atoms with Crippen molar-refractivity contribution in [3.63, 3.8) is 0 Å². The van der Waals surface area contributed by atoms with Crippen LogP contribution in [0.25, 0.3) is 0 Å². The van der Waals surface area contributed by atoms with Crippen molar-refractivity contribution < 1.29 is 4.79 Å². The zero-order valence-electron chi connectivity index (χ0n) is 10.8. The molecule has 0 aromatic heterocycles. The topological polar surface area (TPSA) is 43.1 Å². The Morgan fingerprint density at radius 2 is 1.58 bits per heavy atom. The van der Waals surface area contributed by atoms with Crippen LogP contribution in [-0.4, -0.2) is 5.78 Å². The molecule has 0 atom stereocenters. The average Bonchev–Trinajstić information content (AvgIpc) is 2.37. The smallest absolute Gasteiger partial charge is 0.195 e. The predicted molar refractivity (Wildman–Crippen MR) is 77.3 cm³/mol. The Balaban J connectivity index is 2.02. The molecule has 0 radical (unpaired) electrons. The Morgan fingerprint density at radius 3 is 2.21 bits per heavy atom. The molecule has 1 aliphatic rings. The van der Waals surface area contributed by atoms with Crippen LogP contribution in [0.5, 0.6) is 0 Å². The molecule has 2 aromatic rings. The van der Waals surface area contributed by atoms with E-state index in [-0.39, 0.29) is 5.78 Å². The molecule has 0 bridgehead atoms. The molecular formula is C17H17NO. The highest BCUT2D eigenvalue weighted by atomic mass is 16.1. The fourth-order valence-electron chi connectivity index (χ4n) is 2.63. The van der Waals surface area contributed by atoms with Gasteiger partial charge in [-0.05, 0) is 36.5 Å². The third-order valence-corrected chi connectivity index (χ3v) is 3.96. The number of nitrogens with two attached hydrogens (primary N) is 1. The zero-order valence-corrected chi connectivity index (χ0v) is 10.8. The van der Waals surface area contributed by atoms with Crippen LogP contribution in [-0.2, 0) is 0 Å². The minimum Gasteiger partial charge on any atom is -0.398 e. The Morgan fingerprint density at radius 1 is 0.947 bits per heavy atom. The molecular weight excluding hydrogens is 234 g/mol. The molecule has 2 nitrogen and oxygen atoms in total. The Kier molecular flexibility index (Phi) is 3.08. The van der Waals surface area contributed by atoms with Gasteiger partial charge in [-0.1, -0.05) is 42.8 Å². The number of rotatable bonds is 3. The maximum absolute atomic E-state index is 12.7. The standard InChI is InChI=1S/C17H17NO/c18-16-11-4-3-10-15(16)17(19)14-9-2-1-8-13(14)12-6-5-7-12/h1-4,8-12H,5-7,18H2. The molecule has 0 spiro atoms. The Bertz CT molecular complexity index is 614. The van der Waals surface area contributed by atoms with Crippen molar-refractivity contribution in [2.45, 2.75) is 25.2 Å². The van der Waals surface area contributed by atoms with Gasteiger partial charge in [0.05, 0.1) is 0 Å². The minimum atomic E-state index is 0.0422. The van der Waals surface area contributed by atoms with Crippen LogP contribution in [0, 0.1) is 0 Å². The van der Waals surface area contributed by atoms with E-state index in [0.29, 0.717) is 17.2 Å². The second-order valence-electron chi connectivity index (χ2n) is 5.13. The van der Waals surface area contributed by atoms with Crippen molar-refractivity contribution in [2.75, 3.05) is 5.73 Å². The molecule has 0 unspecified atom stereocenters. The summed E-state index contributed by atoms with van der Waals surface area (Å²) in [5.74, 6) is 0.589. The van der Waals surface area contributed by atoms with Gasteiger partial charge in [-0.25, -0.2) is 0 Å². The molecule has 1 saturated carbocycles. The first kappa shape index (κ1) is 12.0. The molecule has 1 fully saturated rings. The number of para-hydroxylation sites is 1. The van der Waals surface area contributed by atoms with E-state index >= 15 is 0 Å². The second kappa shape index (κ2) is 4.88. The molecule has 0 amide bonds. The molecule has 19 heavy (non-hydrogen) atoms. The van der Waals surface area contributed by atoms with E-state index in [4.69, 9.17) is 5.73 Å². The molecule has 1 aliphatic carbocycles. The molecule has 96 valence electrons. The van der Waals surface area contributed by atoms with Crippen LogP contribution in [0.3, 0.4) is 0 Å². The first-order valence-electron chi connectivity index (χ1n) is 6.75. The van der Waals surface area contributed by atoms with Crippen LogP contribution in [0.2, 0.25) is 0 Å². The monoisotopic (exact) mass is 251 g/mol. The molecule has 3 rings (SSSR count). The van der Waals surface area contributed by atoms with Crippen molar-refractivity contribution in [3.05, 3.63) is 65.2 Å². The highest BCUT2D eigenvalue weighted by Gasteiger charge is 2.25. The van der Waals surface area contributed by atoms with Gasteiger partial charge in [-0.15, -0.1) is 0 Å². The lowest BCUT2D eigenvalue weighted by atomic mass is 9.77. The van der Waals surface area contributed by atoms with Gasteiger partial charge in [-0.3, -0.25) is 4.79 Å². The van der Waals surface area contributed by atoms with Crippen molar-refractivity contribution in [2.24, 2.45) is 0 Å². The quantitative estimate of drug-likeness (QED) is 0.666. The number of hydrogen-bond acceptors (Lipinski definition) is 2. The molecule has 2 heteroatoms. The van der Waals surface area contributed by atoms with Crippen LogP contribution in [0.15, 0.2) is 48.5 Å². The van der Waals surface area contributed by atoms with Crippen molar-refractivity contribution >= 4 is 11.5 Å². The van der Waals surface area contributed by atoms with Crippen LogP contribution < -0.4 is 5.73 Å². The number of carbonyl (C=O) groups excluding carboxylic acids is 1. The zero-order chi connectivity index (χ0) is 13.2. The summed E-state index contributed by atoms with van der Waals surface area (Å²) in [5.41, 5.74) is 9.06. The van der Waals surface area contributed by atoms with Crippen LogP contribution in [0.1, 0.15) is 46.7 Å². The van der Waals surface area contributed by atoms with E-state index in [1.54, 1.807) is 12.1 Å². The van der Waals surface area contributed by atoms with Gasteiger partial charge in [0, 0.05) is 16.8 Å².